The van der Waals surface area contributed by atoms with Crippen LogP contribution in [0.5, 0.6) is 0 Å². The largest absolute Gasteiger partial charge is 0.316 e. The summed E-state index contributed by atoms with van der Waals surface area (Å²) in [6.07, 6.45) is 2.67. The zero-order chi connectivity index (χ0) is 12.3. The molecule has 0 amide bonds. The van der Waals surface area contributed by atoms with Gasteiger partial charge >= 0.3 is 0 Å². The summed E-state index contributed by atoms with van der Waals surface area (Å²) in [5, 5.41) is 5.70. The number of piperidine rings is 1. The lowest BCUT2D eigenvalue weighted by Crippen LogP contribution is -2.45. The molecule has 0 radical (unpaired) electrons. The van der Waals surface area contributed by atoms with E-state index in [4.69, 9.17) is 0 Å². The maximum Gasteiger partial charge on any atom is 0.0410 e. The SMILES string of the molecule is CC(c1cccs1)N(C)CC1(C)CCCNC1. The van der Waals surface area contributed by atoms with Crippen molar-refractivity contribution in [2.75, 3.05) is 26.7 Å². The number of hydrogen-bond donors (Lipinski definition) is 1. The maximum absolute atomic E-state index is 3.53. The molecule has 1 aromatic heterocycles. The van der Waals surface area contributed by atoms with Crippen LogP contribution in [0.15, 0.2) is 17.5 Å². The Bertz CT molecular complexity index is 328. The highest BCUT2D eigenvalue weighted by Crippen LogP contribution is 2.30. The van der Waals surface area contributed by atoms with Gasteiger partial charge in [-0.2, -0.15) is 0 Å². The van der Waals surface area contributed by atoms with Crippen molar-refractivity contribution < 1.29 is 0 Å². The van der Waals surface area contributed by atoms with Gasteiger partial charge in [0.1, 0.15) is 0 Å². The predicted octanol–water partition coefficient (Wildman–Crippen LogP) is 3.13. The molecule has 0 aromatic carbocycles. The molecule has 2 atom stereocenters. The van der Waals surface area contributed by atoms with Crippen LogP contribution in [0.1, 0.15) is 37.6 Å². The number of nitrogens with one attached hydrogen (secondary N) is 1. The van der Waals surface area contributed by atoms with Crippen LogP contribution in [0.25, 0.3) is 0 Å². The highest BCUT2D eigenvalue weighted by atomic mass is 32.1. The van der Waals surface area contributed by atoms with Crippen molar-refractivity contribution in [2.45, 2.75) is 32.7 Å². The van der Waals surface area contributed by atoms with E-state index in [1.54, 1.807) is 0 Å². The van der Waals surface area contributed by atoms with Crippen molar-refractivity contribution in [1.29, 1.82) is 0 Å². The van der Waals surface area contributed by atoms with E-state index < -0.39 is 0 Å². The third-order valence-electron chi connectivity index (χ3n) is 3.93. The van der Waals surface area contributed by atoms with Gasteiger partial charge < -0.3 is 5.32 Å². The molecular weight excluding hydrogens is 228 g/mol. The Hall–Kier alpha value is -0.380. The van der Waals surface area contributed by atoms with Crippen LogP contribution in [0.2, 0.25) is 0 Å². The lowest BCUT2D eigenvalue weighted by Gasteiger charge is -2.39. The Labute approximate surface area is 109 Å². The molecule has 1 aliphatic rings. The fourth-order valence-electron chi connectivity index (χ4n) is 2.74. The standard InChI is InChI=1S/C14H24N2S/c1-12(13-6-4-9-17-13)16(3)11-14(2)7-5-8-15-10-14/h4,6,9,12,15H,5,7-8,10-11H2,1-3H3. The fourth-order valence-corrected chi connectivity index (χ4v) is 3.59. The van der Waals surface area contributed by atoms with Gasteiger partial charge in [-0.05, 0) is 50.2 Å². The summed E-state index contributed by atoms with van der Waals surface area (Å²) in [6.45, 7) is 8.26. The van der Waals surface area contributed by atoms with Gasteiger partial charge in [-0.3, -0.25) is 4.90 Å². The van der Waals surface area contributed by atoms with Crippen molar-refractivity contribution in [2.24, 2.45) is 5.41 Å². The van der Waals surface area contributed by atoms with Gasteiger partial charge in [-0.1, -0.05) is 13.0 Å². The van der Waals surface area contributed by atoms with Crippen LogP contribution >= 0.6 is 11.3 Å². The topological polar surface area (TPSA) is 15.3 Å². The number of nitrogens with zero attached hydrogens (tertiary/aromatic N) is 1. The molecule has 1 saturated heterocycles. The van der Waals surface area contributed by atoms with Crippen molar-refractivity contribution in [3.8, 4) is 0 Å². The van der Waals surface area contributed by atoms with Gasteiger partial charge in [0.05, 0.1) is 0 Å². The number of thiophene rings is 1. The summed E-state index contributed by atoms with van der Waals surface area (Å²) in [4.78, 5) is 3.97. The third kappa shape index (κ3) is 3.30. The van der Waals surface area contributed by atoms with E-state index >= 15 is 0 Å². The van der Waals surface area contributed by atoms with Crippen molar-refractivity contribution in [3.05, 3.63) is 22.4 Å². The molecule has 1 N–H and O–H groups in total. The van der Waals surface area contributed by atoms with E-state index in [0.717, 1.165) is 6.54 Å². The van der Waals surface area contributed by atoms with Crippen LogP contribution in [0, 0.1) is 5.41 Å². The van der Waals surface area contributed by atoms with Crippen LogP contribution in [-0.2, 0) is 0 Å². The summed E-state index contributed by atoms with van der Waals surface area (Å²) in [5.41, 5.74) is 0.443. The second kappa shape index (κ2) is 5.51. The van der Waals surface area contributed by atoms with E-state index in [0.29, 0.717) is 11.5 Å². The lowest BCUT2D eigenvalue weighted by atomic mass is 9.82. The minimum absolute atomic E-state index is 0.443. The first kappa shape index (κ1) is 13.1. The summed E-state index contributed by atoms with van der Waals surface area (Å²) >= 11 is 1.86. The van der Waals surface area contributed by atoms with Crippen LogP contribution in [-0.4, -0.2) is 31.6 Å². The summed E-state index contributed by atoms with van der Waals surface area (Å²) in [5.74, 6) is 0. The molecule has 2 unspecified atom stereocenters. The third-order valence-corrected chi connectivity index (χ3v) is 4.98. The van der Waals surface area contributed by atoms with E-state index in [1.807, 2.05) is 11.3 Å². The summed E-state index contributed by atoms with van der Waals surface area (Å²) in [7, 11) is 2.25. The molecule has 0 aliphatic carbocycles. The summed E-state index contributed by atoms with van der Waals surface area (Å²) in [6, 6.07) is 4.93. The quantitative estimate of drug-likeness (QED) is 0.885. The normalized spacial score (nSPS) is 27.3. The molecule has 0 bridgehead atoms. The molecule has 17 heavy (non-hydrogen) atoms. The molecule has 1 fully saturated rings. The van der Waals surface area contributed by atoms with Crippen molar-refractivity contribution in [1.82, 2.24) is 10.2 Å². The molecule has 96 valence electrons. The minimum atomic E-state index is 0.443. The van der Waals surface area contributed by atoms with E-state index in [2.05, 4.69) is 48.6 Å². The minimum Gasteiger partial charge on any atom is -0.316 e. The second-order valence-corrected chi connectivity index (χ2v) is 6.68. The summed E-state index contributed by atoms with van der Waals surface area (Å²) < 4.78 is 0. The zero-order valence-electron chi connectivity index (χ0n) is 11.2. The Balaban J connectivity index is 1.93. The van der Waals surface area contributed by atoms with Gasteiger partial charge in [0.15, 0.2) is 0 Å². The van der Waals surface area contributed by atoms with Crippen molar-refractivity contribution >= 4 is 11.3 Å². The molecule has 2 heterocycles. The monoisotopic (exact) mass is 252 g/mol. The molecule has 3 heteroatoms. The molecule has 0 saturated carbocycles. The Morgan fingerprint density at radius 2 is 2.41 bits per heavy atom. The Morgan fingerprint density at radius 3 is 3.00 bits per heavy atom. The zero-order valence-corrected chi connectivity index (χ0v) is 12.0. The molecule has 2 nitrogen and oxygen atoms in total. The Morgan fingerprint density at radius 1 is 1.59 bits per heavy atom. The second-order valence-electron chi connectivity index (χ2n) is 5.70. The van der Waals surface area contributed by atoms with Gasteiger partial charge in [0, 0.05) is 24.0 Å². The molecule has 1 aromatic rings. The maximum atomic E-state index is 3.53. The highest BCUT2D eigenvalue weighted by molar-refractivity contribution is 7.10. The van der Waals surface area contributed by atoms with E-state index in [9.17, 15) is 0 Å². The van der Waals surface area contributed by atoms with Crippen LogP contribution in [0.4, 0.5) is 0 Å². The first-order valence-electron chi connectivity index (χ1n) is 6.55. The number of rotatable bonds is 4. The molecule has 0 spiro atoms. The average molecular weight is 252 g/mol. The van der Waals surface area contributed by atoms with Crippen LogP contribution < -0.4 is 5.32 Å². The smallest absolute Gasteiger partial charge is 0.0410 e. The van der Waals surface area contributed by atoms with Gasteiger partial charge in [-0.15, -0.1) is 11.3 Å². The predicted molar refractivity (Wildman–Crippen MR) is 75.6 cm³/mol. The molecule has 1 aliphatic heterocycles. The van der Waals surface area contributed by atoms with Gasteiger partial charge in [-0.25, -0.2) is 0 Å². The van der Waals surface area contributed by atoms with Gasteiger partial charge in [0.25, 0.3) is 0 Å². The number of hydrogen-bond acceptors (Lipinski definition) is 3. The first-order valence-corrected chi connectivity index (χ1v) is 7.43. The van der Waals surface area contributed by atoms with Crippen molar-refractivity contribution in [3.63, 3.8) is 0 Å². The highest BCUT2D eigenvalue weighted by Gasteiger charge is 2.29. The lowest BCUT2D eigenvalue weighted by molar-refractivity contribution is 0.128. The fraction of sp³-hybridized carbons (Fsp3) is 0.714. The first-order chi connectivity index (χ1) is 8.11. The average Bonchev–Trinajstić information content (AvgIpc) is 2.81. The van der Waals surface area contributed by atoms with E-state index in [1.165, 1.54) is 30.8 Å². The van der Waals surface area contributed by atoms with Crippen LogP contribution in [0.3, 0.4) is 0 Å². The van der Waals surface area contributed by atoms with Gasteiger partial charge in [0.2, 0.25) is 0 Å². The van der Waals surface area contributed by atoms with E-state index in [-0.39, 0.29) is 0 Å². The molecule has 2 rings (SSSR count). The molecular formula is C14H24N2S. The Kier molecular flexibility index (Phi) is 4.23.